The molecule has 3 saturated carbocycles. The van der Waals surface area contributed by atoms with Crippen molar-refractivity contribution < 1.29 is 225 Å². The number of aliphatic hydroxyl groups excluding tert-OH is 7. The Labute approximate surface area is 787 Å². The minimum atomic E-state index is -5.68. The Hall–Kier alpha value is -4.63. The lowest BCUT2D eigenvalue weighted by Gasteiger charge is -2.26. The number of hydrogen-bond donors (Lipinski definition) is 25. The van der Waals surface area contributed by atoms with E-state index in [4.69, 9.17) is 23.5 Å². The van der Waals surface area contributed by atoms with Crippen LogP contribution in [0.5, 0.6) is 0 Å². The smallest absolute Gasteiger partial charge is 0.390 e. The molecule has 7 aliphatic rings. The van der Waals surface area contributed by atoms with Crippen molar-refractivity contribution >= 4 is 110 Å². The van der Waals surface area contributed by atoms with E-state index in [0.29, 0.717) is 37.1 Å². The summed E-state index contributed by atoms with van der Waals surface area (Å²) in [4.78, 5) is 217. The van der Waals surface area contributed by atoms with Crippen molar-refractivity contribution in [1.29, 1.82) is 0 Å². The van der Waals surface area contributed by atoms with E-state index in [1.807, 2.05) is 25.0 Å². The van der Waals surface area contributed by atoms with Crippen molar-refractivity contribution in [2.24, 2.45) is 5.92 Å². The third-order valence-corrected chi connectivity index (χ3v) is 40.3. The standard InChI is InChI=1S/C16H27N2O14P3.C15H26N3O14P3.C15H20N3O14P3.C15H25N2O14P3S/c19-12-8-15(18-7-6-14(20)17-16(18)21)30-13(12)10-29-34(24,25)32-35(26,27)31-33(22,23)28-9-11-4-2-1-3-5-11;2*19-11-6-7-18(15(22)16-11)14-13(21)12(20)10(30-14)8-29-34(25,26)32-35(27,28)31-33(23,24)17-9-4-2-1-3-5-9;18-11-6-7-17(15(21)16-11)14-13(20)12(19)10(29-14)8-28-32(22,23)30-33(24,25)31-34(26,27)35-9-4-2-1-3-5-9/h6-7,11-13,15,19H,1-5,8-10H2,(H,22,23)(H,24,25)(H,26,27)(H,17,20,21);6-7,9-10,12-14,20-21H,1-5,8H2,(H,25,26)(H,27,28)(H,16,19,22)(H2,17,23,24);1-7,10,12-14,20-21H,8H2,(H,25,26)(H,27,28)(H,16,19,22)(H2,17,23,24);6-7,9-10,12-14,19-20H,1-5,8H2,(H,22,23)(H,24,25)(H,26,27)(H,16,18,21)/t12-,13-,15-;3*10-,12+,13?,14-/m1111/s1. The van der Waals surface area contributed by atoms with Crippen molar-refractivity contribution in [1.82, 2.24) is 43.3 Å². The molecule has 15 unspecified atom stereocenters. The van der Waals surface area contributed by atoms with Gasteiger partial charge in [0.25, 0.3) is 22.2 Å². The largest absolute Gasteiger partial charge is 0.490 e. The highest BCUT2D eigenvalue weighted by molar-refractivity contribution is 8.55. The molecule has 7 fully saturated rings. The third-order valence-electron chi connectivity index (χ3n) is 20.1. The number of aromatic nitrogens is 8. The van der Waals surface area contributed by atoms with Crippen molar-refractivity contribution in [3.05, 3.63) is 163 Å². The van der Waals surface area contributed by atoms with Crippen LogP contribution in [0.2, 0.25) is 0 Å². The maximum absolute atomic E-state index is 12.2. The molecular formula is C61H98N10O56P12S. The van der Waals surface area contributed by atoms with E-state index in [2.05, 4.69) is 57.7 Å². The summed E-state index contributed by atoms with van der Waals surface area (Å²) in [6, 6.07) is 10.6. The fourth-order valence-electron chi connectivity index (χ4n) is 13.9. The zero-order chi connectivity index (χ0) is 104. The summed E-state index contributed by atoms with van der Waals surface area (Å²) in [5.41, 5.74) is -6.56. The molecule has 5 aromatic rings. The zero-order valence-electron chi connectivity index (χ0n) is 71.4. The summed E-state index contributed by atoms with van der Waals surface area (Å²) in [5, 5.41) is 74.6. The van der Waals surface area contributed by atoms with Gasteiger partial charge in [0.1, 0.15) is 67.3 Å². The van der Waals surface area contributed by atoms with Gasteiger partial charge in [-0.25, -0.2) is 79.0 Å². The highest BCUT2D eigenvalue weighted by Crippen LogP contribution is 2.74. The minimum absolute atomic E-state index is 0.0174. The van der Waals surface area contributed by atoms with E-state index in [0.717, 1.165) is 138 Å². The number of benzene rings is 1. The van der Waals surface area contributed by atoms with E-state index >= 15 is 0 Å². The van der Waals surface area contributed by atoms with E-state index in [9.17, 15) is 188 Å². The van der Waals surface area contributed by atoms with Crippen LogP contribution in [0.4, 0.5) is 5.69 Å². The predicted molar refractivity (Wildman–Crippen MR) is 465 cm³/mol. The second-order valence-corrected chi connectivity index (χ2v) is 52.2. The first kappa shape index (κ1) is 119. The molecular weight excluding hydrogens is 2170 g/mol. The van der Waals surface area contributed by atoms with Gasteiger partial charge < -0.3 is 113 Å². The number of aliphatic hydroxyl groups is 7. The number of H-pyrrole nitrogens is 4. The van der Waals surface area contributed by atoms with Gasteiger partial charge >= 0.3 is 115 Å². The molecule has 4 aromatic heterocycles. The van der Waals surface area contributed by atoms with Crippen LogP contribution < -0.4 is 55.2 Å². The van der Waals surface area contributed by atoms with Crippen LogP contribution in [-0.4, -0.2) is 244 Å². The maximum Gasteiger partial charge on any atom is 0.490 e. The van der Waals surface area contributed by atoms with E-state index < -0.39 is 262 Å². The summed E-state index contributed by atoms with van der Waals surface area (Å²) >= 11 is 0.444. The van der Waals surface area contributed by atoms with Gasteiger partial charge in [-0.05, 0) is 68.0 Å². The topological polar surface area (TPSA) is 990 Å². The van der Waals surface area contributed by atoms with Gasteiger partial charge in [-0.1, -0.05) is 76.0 Å². The van der Waals surface area contributed by atoms with Crippen LogP contribution in [0.3, 0.4) is 0 Å². The molecule has 0 spiro atoms. The summed E-state index contributed by atoms with van der Waals surface area (Å²) in [6.45, 7) is -8.77. The van der Waals surface area contributed by atoms with Crippen LogP contribution >= 0.6 is 104 Å². The van der Waals surface area contributed by atoms with Gasteiger partial charge in [-0.15, -0.1) is 0 Å². The predicted octanol–water partition coefficient (Wildman–Crippen LogP) is 0.754. The summed E-state index contributed by atoms with van der Waals surface area (Å²) < 4.78 is 224. The molecule has 12 rings (SSSR count). The molecule has 3 aliphatic carbocycles. The van der Waals surface area contributed by atoms with Crippen LogP contribution in [0.25, 0.3) is 0 Å². The molecule has 0 bridgehead atoms. The second-order valence-electron chi connectivity index (χ2n) is 30.8. The first-order chi connectivity index (χ1) is 64.8. The molecule has 140 heavy (non-hydrogen) atoms. The molecule has 79 heteroatoms. The zero-order valence-corrected chi connectivity index (χ0v) is 83.0. The van der Waals surface area contributed by atoms with Crippen LogP contribution in [0.15, 0.2) is 118 Å². The Morgan fingerprint density at radius 3 is 1.00 bits per heavy atom. The number of nitrogens with zero attached hydrogens (tertiary/aromatic N) is 4. The van der Waals surface area contributed by atoms with Crippen molar-refractivity contribution in [2.45, 2.75) is 206 Å². The summed E-state index contributed by atoms with van der Waals surface area (Å²) in [7, 11) is -59.2. The molecule has 4 saturated heterocycles. The van der Waals surface area contributed by atoms with Crippen molar-refractivity contribution in [3.63, 3.8) is 0 Å². The summed E-state index contributed by atoms with van der Waals surface area (Å²) in [5.74, 6) is -0.0345. The Kier molecular flexibility index (Phi) is 42.6. The molecule has 0 amide bonds. The average Bonchev–Trinajstić information content (AvgIpc) is 1.59. The van der Waals surface area contributed by atoms with Gasteiger partial charge in [-0.2, -0.15) is 34.5 Å². The SMILES string of the molecule is O=c1ccn([C@@H]2O[C@H](COP(=O)(O)OP(=O)(O)OP(=O)(O)NC3CCCCC3)[C@H](O)C2O)c(=O)[nH]1.O=c1ccn([C@@H]2O[C@H](COP(=O)(O)OP(=O)(O)OP(=O)(O)Nc3ccccc3)[C@H](O)C2O)c(=O)[nH]1.O=c1ccn([C@@H]2O[C@H](COP(=O)(O)OP(=O)(O)OP(=O)(O)SC3CCCCC3)[C@H](O)C2O)c(=O)[nH]1.O=c1ccn([C@H]2C[C@@H](O)[C@@H](COP(=O)(O)OP(=O)(O)OP(=O)(O)OCC3CCCCC3)O2)c(=O)[nH]1. The Morgan fingerprint density at radius 1 is 0.336 bits per heavy atom. The number of aromatic amines is 4. The highest BCUT2D eigenvalue weighted by Gasteiger charge is 2.53. The second kappa shape index (κ2) is 50.1. The molecule has 8 heterocycles. The van der Waals surface area contributed by atoms with Gasteiger partial charge in [0, 0.05) is 72.5 Å². The van der Waals surface area contributed by atoms with E-state index in [-0.39, 0.29) is 29.9 Å². The Bertz CT molecular complexity index is 6010. The van der Waals surface area contributed by atoms with Gasteiger partial charge in [-0.3, -0.25) is 85.1 Å². The van der Waals surface area contributed by atoms with Crippen LogP contribution in [0, 0.1) is 5.92 Å². The minimum Gasteiger partial charge on any atom is -0.390 e. The Morgan fingerprint density at radius 2 is 0.643 bits per heavy atom. The average molecular weight is 2270 g/mol. The van der Waals surface area contributed by atoms with Crippen LogP contribution in [0.1, 0.15) is 128 Å². The van der Waals surface area contributed by atoms with Gasteiger partial charge in [0.15, 0.2) is 18.7 Å². The molecule has 0 radical (unpaired) electrons. The highest BCUT2D eigenvalue weighted by atomic mass is 32.7. The lowest BCUT2D eigenvalue weighted by molar-refractivity contribution is -0.0542. The number of phosphoric acid groups is 9. The molecule has 66 nitrogen and oxygen atoms in total. The first-order valence-electron chi connectivity index (χ1n) is 40.6. The third kappa shape index (κ3) is 37.9. The maximum atomic E-state index is 12.2. The van der Waals surface area contributed by atoms with E-state index in [1.54, 1.807) is 6.07 Å². The quantitative estimate of drug-likeness (QED) is 0.0240. The number of rotatable bonds is 41. The van der Waals surface area contributed by atoms with Crippen LogP contribution in [-0.2, 0) is 131 Å². The number of phosphoric ester groups is 5. The number of nitrogens with one attached hydrogen (secondary N) is 6. The van der Waals surface area contributed by atoms with Crippen molar-refractivity contribution in [2.75, 3.05) is 38.1 Å². The lowest BCUT2D eigenvalue weighted by atomic mass is 9.90. The van der Waals surface area contributed by atoms with Gasteiger partial charge in [0.05, 0.1) is 39.1 Å². The Balaban J connectivity index is 0.000000209. The summed E-state index contributed by atoms with van der Waals surface area (Å²) in [6.07, 6.45) is -7.68. The van der Waals surface area contributed by atoms with Crippen molar-refractivity contribution in [3.8, 4) is 0 Å². The van der Waals surface area contributed by atoms with Gasteiger partial charge in [0.2, 0.25) is 0 Å². The monoisotopic (exact) mass is 2270 g/mol. The normalized spacial score (nSPS) is 29.5. The number of anilines is 1. The molecule has 1 aromatic carbocycles. The number of ether oxygens (including phenoxy) is 4. The molecule has 4 aliphatic heterocycles. The molecule has 25 N–H and O–H groups in total. The first-order valence-corrected chi connectivity index (χ1v) is 60.3. The fraction of sp³-hybridized carbons (Fsp3) is 0.639. The van der Waals surface area contributed by atoms with E-state index in [1.165, 1.54) is 24.3 Å². The molecule has 27 atom stereocenters. The number of hydrogen-bond acceptors (Lipinski definition) is 45. The molecule has 794 valence electrons. The lowest BCUT2D eigenvalue weighted by Crippen LogP contribution is -2.37. The fourth-order valence-corrected chi connectivity index (χ4v) is 32.1. The number of para-hydroxylation sites is 1.